The van der Waals surface area contributed by atoms with E-state index < -0.39 is 11.9 Å². The molecule has 0 aliphatic rings. The molecule has 1 atom stereocenters. The SMILES string of the molecule is CCCCC(NC(=O)CNC(=O)c1cc2ccccc2n1CC(=O)O)c1c(OC)cc(C)cc1OC. The van der Waals surface area contributed by atoms with Crippen LogP contribution in [-0.2, 0) is 16.1 Å². The van der Waals surface area contributed by atoms with Gasteiger partial charge >= 0.3 is 5.97 Å². The van der Waals surface area contributed by atoms with Crippen molar-refractivity contribution in [2.75, 3.05) is 20.8 Å². The topological polar surface area (TPSA) is 119 Å². The summed E-state index contributed by atoms with van der Waals surface area (Å²) in [6, 6.07) is 12.2. The number of carboxylic acids is 1. The van der Waals surface area contributed by atoms with Gasteiger partial charge in [0.15, 0.2) is 0 Å². The highest BCUT2D eigenvalue weighted by Gasteiger charge is 2.24. The van der Waals surface area contributed by atoms with Crippen molar-refractivity contribution >= 4 is 28.7 Å². The quantitative estimate of drug-likeness (QED) is 0.351. The lowest BCUT2D eigenvalue weighted by Crippen LogP contribution is -2.39. The number of carbonyl (C=O) groups is 3. The van der Waals surface area contributed by atoms with Crippen LogP contribution >= 0.6 is 0 Å². The highest BCUT2D eigenvalue weighted by molar-refractivity contribution is 6.00. The number of nitrogens with zero attached hydrogens (tertiary/aromatic N) is 1. The second-order valence-corrected chi connectivity index (χ2v) is 8.60. The van der Waals surface area contributed by atoms with E-state index in [1.54, 1.807) is 38.5 Å². The summed E-state index contributed by atoms with van der Waals surface area (Å²) in [7, 11) is 3.15. The molecule has 0 spiro atoms. The van der Waals surface area contributed by atoms with Crippen LogP contribution in [0.4, 0.5) is 0 Å². The maximum Gasteiger partial charge on any atom is 0.323 e. The van der Waals surface area contributed by atoms with Crippen molar-refractivity contribution in [1.82, 2.24) is 15.2 Å². The lowest BCUT2D eigenvalue weighted by atomic mass is 9.97. The van der Waals surface area contributed by atoms with E-state index in [1.165, 1.54) is 4.57 Å². The summed E-state index contributed by atoms with van der Waals surface area (Å²) in [4.78, 5) is 37.2. The maximum absolute atomic E-state index is 12.9. The first-order valence-electron chi connectivity index (χ1n) is 11.9. The maximum atomic E-state index is 12.9. The van der Waals surface area contributed by atoms with Crippen molar-refractivity contribution in [1.29, 1.82) is 0 Å². The van der Waals surface area contributed by atoms with Crippen LogP contribution in [0, 0.1) is 6.92 Å². The number of hydrogen-bond donors (Lipinski definition) is 3. The van der Waals surface area contributed by atoms with Gasteiger partial charge in [-0.05, 0) is 43.2 Å². The van der Waals surface area contributed by atoms with Crippen LogP contribution in [0.1, 0.15) is 53.8 Å². The lowest BCUT2D eigenvalue weighted by molar-refractivity contribution is -0.137. The number of carboxylic acid groups (broad SMARTS) is 1. The number of aliphatic carboxylic acids is 1. The van der Waals surface area contributed by atoms with Gasteiger partial charge in [-0.1, -0.05) is 38.0 Å². The minimum atomic E-state index is -1.07. The van der Waals surface area contributed by atoms with Gasteiger partial charge in [-0.2, -0.15) is 0 Å². The standard InChI is InChI=1S/C27H33N3O6/c1-5-6-10-19(26-22(35-3)12-17(2)13-23(26)36-4)29-24(31)15-28-27(34)21-14-18-9-7-8-11-20(18)30(21)16-25(32)33/h7-9,11-14,19H,5-6,10,15-16H2,1-4H3,(H,28,34)(H,29,31)(H,32,33). The van der Waals surface area contributed by atoms with Gasteiger partial charge in [0.1, 0.15) is 23.7 Å². The number of para-hydroxylation sites is 1. The molecule has 0 saturated carbocycles. The Morgan fingerprint density at radius 1 is 1.06 bits per heavy atom. The fourth-order valence-electron chi connectivity index (χ4n) is 4.31. The Bertz CT molecular complexity index is 1220. The molecule has 3 rings (SSSR count). The lowest BCUT2D eigenvalue weighted by Gasteiger charge is -2.24. The number of aryl methyl sites for hydroxylation is 1. The Morgan fingerprint density at radius 2 is 1.72 bits per heavy atom. The molecule has 0 radical (unpaired) electrons. The van der Waals surface area contributed by atoms with E-state index in [4.69, 9.17) is 9.47 Å². The summed E-state index contributed by atoms with van der Waals surface area (Å²) in [5.41, 5.74) is 2.53. The van der Waals surface area contributed by atoms with Crippen LogP contribution in [0.25, 0.3) is 10.9 Å². The Hall–Kier alpha value is -4.01. The minimum absolute atomic E-state index is 0.177. The predicted octanol–water partition coefficient (Wildman–Crippen LogP) is 3.83. The summed E-state index contributed by atoms with van der Waals surface area (Å²) in [6.45, 7) is 3.37. The van der Waals surface area contributed by atoms with E-state index in [1.807, 2.05) is 25.1 Å². The Labute approximate surface area is 210 Å². The van der Waals surface area contributed by atoms with Crippen LogP contribution in [0.5, 0.6) is 11.5 Å². The first kappa shape index (κ1) is 26.6. The van der Waals surface area contributed by atoms with Gasteiger partial charge < -0.3 is 29.8 Å². The Kier molecular flexibility index (Phi) is 8.94. The summed E-state index contributed by atoms with van der Waals surface area (Å²) < 4.78 is 12.6. The second kappa shape index (κ2) is 12.1. The van der Waals surface area contributed by atoms with Gasteiger partial charge in [0.25, 0.3) is 5.91 Å². The summed E-state index contributed by atoms with van der Waals surface area (Å²) in [5, 5.41) is 15.7. The van der Waals surface area contributed by atoms with Crippen molar-refractivity contribution in [3.8, 4) is 11.5 Å². The number of aromatic nitrogens is 1. The molecule has 1 aromatic heterocycles. The predicted molar refractivity (Wildman–Crippen MR) is 137 cm³/mol. The molecule has 192 valence electrons. The third-order valence-corrected chi connectivity index (χ3v) is 5.96. The number of amides is 2. The average Bonchev–Trinajstić information content (AvgIpc) is 3.22. The largest absolute Gasteiger partial charge is 0.496 e. The van der Waals surface area contributed by atoms with Crippen LogP contribution in [0.3, 0.4) is 0 Å². The van der Waals surface area contributed by atoms with Crippen molar-refractivity contribution in [2.24, 2.45) is 0 Å². The molecule has 0 aliphatic carbocycles. The van der Waals surface area contributed by atoms with Gasteiger partial charge in [0, 0.05) is 10.9 Å². The number of unbranched alkanes of at least 4 members (excludes halogenated alkanes) is 1. The van der Waals surface area contributed by atoms with Crippen LogP contribution in [0.2, 0.25) is 0 Å². The van der Waals surface area contributed by atoms with E-state index in [0.717, 1.165) is 29.4 Å². The number of carbonyl (C=O) groups excluding carboxylic acids is 2. The molecule has 2 aromatic carbocycles. The monoisotopic (exact) mass is 495 g/mol. The summed E-state index contributed by atoms with van der Waals surface area (Å²) >= 11 is 0. The van der Waals surface area contributed by atoms with Gasteiger partial charge in [-0.25, -0.2) is 0 Å². The fraction of sp³-hybridized carbons (Fsp3) is 0.370. The zero-order valence-corrected chi connectivity index (χ0v) is 21.1. The number of benzene rings is 2. The number of rotatable bonds is 12. The summed E-state index contributed by atoms with van der Waals surface area (Å²) in [6.07, 6.45) is 2.47. The smallest absolute Gasteiger partial charge is 0.323 e. The van der Waals surface area contributed by atoms with Crippen molar-refractivity contribution in [3.63, 3.8) is 0 Å². The average molecular weight is 496 g/mol. The molecule has 0 fully saturated rings. The van der Waals surface area contributed by atoms with Gasteiger partial charge in [-0.3, -0.25) is 14.4 Å². The normalized spacial score (nSPS) is 11.7. The van der Waals surface area contributed by atoms with E-state index in [2.05, 4.69) is 17.6 Å². The molecular formula is C27H33N3O6. The van der Waals surface area contributed by atoms with Crippen molar-refractivity contribution < 1.29 is 29.0 Å². The Balaban J connectivity index is 1.78. The Morgan fingerprint density at radius 3 is 2.33 bits per heavy atom. The zero-order valence-electron chi connectivity index (χ0n) is 21.1. The molecular weight excluding hydrogens is 462 g/mol. The van der Waals surface area contributed by atoms with Gasteiger partial charge in [0.05, 0.1) is 32.4 Å². The van der Waals surface area contributed by atoms with E-state index in [-0.39, 0.29) is 30.7 Å². The molecule has 36 heavy (non-hydrogen) atoms. The van der Waals surface area contributed by atoms with E-state index >= 15 is 0 Å². The number of fused-ring (bicyclic) bond motifs is 1. The number of nitrogens with one attached hydrogen (secondary N) is 2. The van der Waals surface area contributed by atoms with Crippen LogP contribution in [-0.4, -0.2) is 48.2 Å². The molecule has 3 aromatic rings. The molecule has 0 saturated heterocycles. The van der Waals surface area contributed by atoms with Crippen LogP contribution in [0.15, 0.2) is 42.5 Å². The molecule has 3 N–H and O–H groups in total. The van der Waals surface area contributed by atoms with E-state index in [9.17, 15) is 19.5 Å². The first-order valence-corrected chi connectivity index (χ1v) is 11.9. The number of methoxy groups -OCH3 is 2. The highest BCUT2D eigenvalue weighted by Crippen LogP contribution is 2.37. The zero-order chi connectivity index (χ0) is 26.2. The fourth-order valence-corrected chi connectivity index (χ4v) is 4.31. The van der Waals surface area contributed by atoms with Crippen molar-refractivity contribution in [2.45, 2.75) is 45.7 Å². The van der Waals surface area contributed by atoms with Gasteiger partial charge in [0.2, 0.25) is 5.91 Å². The third kappa shape index (κ3) is 6.16. The molecule has 1 unspecified atom stereocenters. The molecule has 1 heterocycles. The number of hydrogen-bond acceptors (Lipinski definition) is 5. The molecule has 9 heteroatoms. The minimum Gasteiger partial charge on any atom is -0.496 e. The van der Waals surface area contributed by atoms with Crippen LogP contribution < -0.4 is 20.1 Å². The highest BCUT2D eigenvalue weighted by atomic mass is 16.5. The molecule has 0 aliphatic heterocycles. The van der Waals surface area contributed by atoms with E-state index in [0.29, 0.717) is 23.4 Å². The molecule has 9 nitrogen and oxygen atoms in total. The molecule has 0 bridgehead atoms. The number of ether oxygens (including phenoxy) is 2. The van der Waals surface area contributed by atoms with Crippen molar-refractivity contribution in [3.05, 3.63) is 59.3 Å². The summed E-state index contributed by atoms with van der Waals surface area (Å²) in [5.74, 6) is -0.734. The first-order chi connectivity index (χ1) is 17.3. The third-order valence-electron chi connectivity index (χ3n) is 5.96. The van der Waals surface area contributed by atoms with Gasteiger partial charge in [-0.15, -0.1) is 0 Å². The second-order valence-electron chi connectivity index (χ2n) is 8.60. The molecule has 2 amide bonds.